The molecule has 0 unspecified atom stereocenters. The van der Waals surface area contributed by atoms with E-state index in [9.17, 15) is 38.4 Å². The van der Waals surface area contributed by atoms with Crippen LogP contribution >= 0.6 is 0 Å². The topological polar surface area (TPSA) is 259 Å². The largest absolute Gasteiger partial charge is 0.381 e. The highest BCUT2D eigenvalue weighted by Crippen LogP contribution is 2.30. The maximum atomic E-state index is 14.7. The van der Waals surface area contributed by atoms with Gasteiger partial charge in [-0.05, 0) is 138 Å². The average Bonchev–Trinajstić information content (AvgIpc) is 1.74. The molecule has 4 aromatic rings. The number of nitrogens with one attached hydrogen (secondary N) is 6. The first-order chi connectivity index (χ1) is 43.6. The molecule has 22 heteroatoms. The van der Waals surface area contributed by atoms with Gasteiger partial charge in [-0.15, -0.1) is 0 Å². The van der Waals surface area contributed by atoms with Gasteiger partial charge in [-0.25, -0.2) is 0 Å². The van der Waals surface area contributed by atoms with E-state index < -0.39 is 48.1 Å². The molecule has 0 aromatic heterocycles. The van der Waals surface area contributed by atoms with Crippen LogP contribution in [0, 0.1) is 11.8 Å². The zero-order valence-electron chi connectivity index (χ0n) is 53.0. The number of hydrogen-bond donors (Lipinski definition) is 6. The summed E-state index contributed by atoms with van der Waals surface area (Å²) in [6, 6.07) is 29.7. The maximum Gasteiger partial charge on any atom is 0.251 e. The Morgan fingerprint density at radius 3 is 1.20 bits per heavy atom. The summed E-state index contributed by atoms with van der Waals surface area (Å²) >= 11 is 0. The van der Waals surface area contributed by atoms with Crippen LogP contribution in [0.1, 0.15) is 84.2 Å². The Labute approximate surface area is 529 Å². The van der Waals surface area contributed by atoms with Crippen LogP contribution in [0.15, 0.2) is 109 Å². The van der Waals surface area contributed by atoms with Crippen molar-refractivity contribution in [2.75, 3.05) is 107 Å². The normalized spacial score (nSPS) is 20.1. The van der Waals surface area contributed by atoms with Gasteiger partial charge in [0.15, 0.2) is 0 Å². The molecule has 4 aliphatic heterocycles. The number of likely N-dealkylation sites (tertiary alicyclic amines) is 2. The molecule has 8 amide bonds. The van der Waals surface area contributed by atoms with E-state index in [0.29, 0.717) is 115 Å². The van der Waals surface area contributed by atoms with Crippen LogP contribution in [-0.2, 0) is 60.6 Å². The number of ether oxygens (including phenoxy) is 4. The Morgan fingerprint density at radius 2 is 0.867 bits per heavy atom. The number of rotatable bonds is 29. The lowest BCUT2D eigenvalue weighted by Gasteiger charge is -2.37. The molecular formula is C68H92N10O12. The maximum absolute atomic E-state index is 14.7. The molecule has 0 aliphatic carbocycles. The lowest BCUT2D eigenvalue weighted by Crippen LogP contribution is -2.59. The predicted octanol–water partition coefficient (Wildman–Crippen LogP) is 3.23. The zero-order valence-corrected chi connectivity index (χ0v) is 53.0. The van der Waals surface area contributed by atoms with Gasteiger partial charge < -0.3 is 70.4 Å². The molecule has 0 bridgehead atoms. The summed E-state index contributed by atoms with van der Waals surface area (Å²) in [5.74, 6) is -2.85. The molecule has 8 atom stereocenters. The van der Waals surface area contributed by atoms with Crippen molar-refractivity contribution in [3.8, 4) is 11.1 Å². The third kappa shape index (κ3) is 18.3. The highest BCUT2D eigenvalue weighted by Gasteiger charge is 2.46. The molecule has 4 heterocycles. The minimum atomic E-state index is -0.787. The summed E-state index contributed by atoms with van der Waals surface area (Å²) in [6.45, 7) is 6.51. The Balaban J connectivity index is 0.890. The van der Waals surface area contributed by atoms with Crippen LogP contribution in [0.2, 0.25) is 0 Å². The van der Waals surface area contributed by atoms with Crippen LogP contribution in [0.4, 0.5) is 0 Å². The van der Waals surface area contributed by atoms with Crippen LogP contribution in [0.3, 0.4) is 0 Å². The summed E-state index contributed by atoms with van der Waals surface area (Å²) in [6.07, 6.45) is 3.86. The molecule has 0 saturated carbocycles. The first-order valence-corrected chi connectivity index (χ1v) is 31.8. The standard InChI is InChI=1S/C68H92N10O12/c1-45(69-3)63(81)73-61(51-29-37-89-38-30-51)67(85)77-35-27-57(87-5)55(77)43-75(33-25-47-13-9-7-10-14-47)59(79)41-71-65(83)53-21-17-49(18-22-53)50-19-23-54(24-20-50)66(84)72-42-60(80)76(34-26-48-15-11-8-12-16-48)44-56-58(88-6)28-36-78(56)68(86)62(52-31-39-90-40-32-52)74-64(82)46(2)70-4/h7-24,45-46,51-52,55-58,61-62,69-70H,25-44H2,1-6H3,(H,71,83)(H,72,84)(H,73,81)(H,74,82)/t45-,46-,55-,56+,57-,58-,61-,62-/m0/s1. The van der Waals surface area contributed by atoms with Gasteiger partial charge in [0.2, 0.25) is 35.4 Å². The van der Waals surface area contributed by atoms with Crippen molar-refractivity contribution in [2.45, 2.75) is 114 Å². The summed E-state index contributed by atoms with van der Waals surface area (Å²) < 4.78 is 23.1. The second-order valence-electron chi connectivity index (χ2n) is 23.9. The van der Waals surface area contributed by atoms with Crippen LogP contribution in [-0.4, -0.2) is 222 Å². The number of hydrogen-bond acceptors (Lipinski definition) is 14. The van der Waals surface area contributed by atoms with Crippen molar-refractivity contribution in [3.05, 3.63) is 131 Å². The summed E-state index contributed by atoms with van der Waals surface area (Å²) in [4.78, 5) is 119. The molecule has 4 saturated heterocycles. The highest BCUT2D eigenvalue weighted by molar-refractivity contribution is 5.98. The van der Waals surface area contributed by atoms with Crippen molar-refractivity contribution in [1.82, 2.24) is 51.5 Å². The first kappa shape index (κ1) is 68.3. The predicted molar refractivity (Wildman–Crippen MR) is 340 cm³/mol. The van der Waals surface area contributed by atoms with E-state index in [0.717, 1.165) is 22.3 Å². The second-order valence-corrected chi connectivity index (χ2v) is 23.9. The van der Waals surface area contributed by atoms with Gasteiger partial charge in [0.05, 0.1) is 49.5 Å². The SMILES string of the molecule is CN[C@@H](C)C(=O)N[C@H](C(=O)N1CC[C@H](OC)[C@H]1CN(CCc1ccccc1)C(=O)CNC(=O)c1ccc(-c2ccc(C(=O)NCC(=O)N(CCc3ccccc3)C[C@H]3[C@@H](OC)CCN3C(=O)[C@@H](NC(=O)[C@H](C)NC)C3CCOCC3)cc2)cc1)C1CCOCC1. The van der Waals surface area contributed by atoms with Crippen molar-refractivity contribution < 1.29 is 57.3 Å². The Bertz CT molecular complexity index is 2800. The smallest absolute Gasteiger partial charge is 0.251 e. The fourth-order valence-electron chi connectivity index (χ4n) is 12.5. The number of likely N-dealkylation sites (N-methyl/N-ethyl adjacent to an activating group) is 2. The molecule has 4 fully saturated rings. The molecule has 0 spiro atoms. The quantitative estimate of drug-likeness (QED) is 0.0457. The van der Waals surface area contributed by atoms with Gasteiger partial charge in [-0.2, -0.15) is 0 Å². The first-order valence-electron chi connectivity index (χ1n) is 31.8. The monoisotopic (exact) mass is 1240 g/mol. The lowest BCUT2D eigenvalue weighted by atomic mass is 9.90. The van der Waals surface area contributed by atoms with E-state index in [4.69, 9.17) is 18.9 Å². The van der Waals surface area contributed by atoms with Gasteiger partial charge >= 0.3 is 0 Å². The van der Waals surface area contributed by atoms with E-state index in [-0.39, 0.29) is 85.7 Å². The fourth-order valence-corrected chi connectivity index (χ4v) is 12.5. The number of methoxy groups -OCH3 is 2. The van der Waals surface area contributed by atoms with Crippen LogP contribution in [0.5, 0.6) is 0 Å². The van der Waals surface area contributed by atoms with Crippen molar-refractivity contribution in [2.24, 2.45) is 11.8 Å². The number of benzene rings is 4. The van der Waals surface area contributed by atoms with E-state index in [1.165, 1.54) is 0 Å². The number of amides is 8. The number of carbonyl (C=O) groups is 8. The number of nitrogens with zero attached hydrogens (tertiary/aromatic N) is 4. The molecule has 90 heavy (non-hydrogen) atoms. The molecule has 4 aliphatic rings. The molecule has 4 aromatic carbocycles. The van der Waals surface area contributed by atoms with Gasteiger partial charge in [0.25, 0.3) is 11.8 Å². The molecule has 0 radical (unpaired) electrons. The third-order valence-corrected chi connectivity index (χ3v) is 18.4. The third-order valence-electron chi connectivity index (χ3n) is 18.4. The van der Waals surface area contributed by atoms with Crippen molar-refractivity contribution in [1.29, 1.82) is 0 Å². The van der Waals surface area contributed by atoms with Crippen molar-refractivity contribution >= 4 is 47.3 Å². The summed E-state index contributed by atoms with van der Waals surface area (Å²) in [5, 5.41) is 17.6. The second kappa shape index (κ2) is 34.0. The summed E-state index contributed by atoms with van der Waals surface area (Å²) in [7, 11) is 6.58. The molecule has 486 valence electrons. The van der Waals surface area contributed by atoms with Crippen LogP contribution in [0.25, 0.3) is 11.1 Å². The van der Waals surface area contributed by atoms with Gasteiger partial charge in [-0.1, -0.05) is 84.9 Å². The fraction of sp³-hybridized carbons (Fsp3) is 0.529. The van der Waals surface area contributed by atoms with Crippen molar-refractivity contribution in [3.63, 3.8) is 0 Å². The number of carbonyl (C=O) groups excluding carboxylic acids is 8. The Kier molecular flexibility index (Phi) is 25.8. The average molecular weight is 1240 g/mol. The molecular weight excluding hydrogens is 1150 g/mol. The van der Waals surface area contributed by atoms with Gasteiger partial charge in [-0.3, -0.25) is 38.4 Å². The van der Waals surface area contributed by atoms with E-state index in [1.54, 1.807) is 110 Å². The summed E-state index contributed by atoms with van der Waals surface area (Å²) in [5.41, 5.74) is 4.24. The molecule has 6 N–H and O–H groups in total. The van der Waals surface area contributed by atoms with E-state index in [1.807, 2.05) is 60.7 Å². The Morgan fingerprint density at radius 1 is 0.511 bits per heavy atom. The van der Waals surface area contributed by atoms with Gasteiger partial charge in [0, 0.05) is 91.0 Å². The van der Waals surface area contributed by atoms with Gasteiger partial charge in [0.1, 0.15) is 12.1 Å². The van der Waals surface area contributed by atoms with E-state index >= 15 is 0 Å². The highest BCUT2D eigenvalue weighted by atomic mass is 16.5. The van der Waals surface area contributed by atoms with E-state index in [2.05, 4.69) is 31.9 Å². The zero-order chi connectivity index (χ0) is 64.1. The minimum absolute atomic E-state index is 0.132. The van der Waals surface area contributed by atoms with Crippen LogP contribution < -0.4 is 31.9 Å². The lowest BCUT2D eigenvalue weighted by molar-refractivity contribution is -0.143. The Hall–Kier alpha value is -7.60. The molecule has 22 nitrogen and oxygen atoms in total. The minimum Gasteiger partial charge on any atom is -0.381 e. The molecule has 8 rings (SSSR count).